The highest BCUT2D eigenvalue weighted by molar-refractivity contribution is 6.13. The summed E-state index contributed by atoms with van der Waals surface area (Å²) in [7, 11) is 0. The van der Waals surface area contributed by atoms with Gasteiger partial charge >= 0.3 is 0 Å². The van der Waals surface area contributed by atoms with Gasteiger partial charge < -0.3 is 15.1 Å². The second kappa shape index (κ2) is 7.78. The molecule has 1 aromatic rings. The van der Waals surface area contributed by atoms with Crippen LogP contribution in [0.5, 0.6) is 0 Å². The molecule has 3 rings (SSSR count). The van der Waals surface area contributed by atoms with Gasteiger partial charge in [-0.05, 0) is 43.4 Å². The number of hydrogen-bond acceptors (Lipinski definition) is 3. The van der Waals surface area contributed by atoms with E-state index in [1.165, 1.54) is 0 Å². The van der Waals surface area contributed by atoms with E-state index in [4.69, 9.17) is 0 Å². The topological polar surface area (TPSA) is 52.7 Å². The highest BCUT2D eigenvalue weighted by Crippen LogP contribution is 2.48. The number of nitrogens with zero attached hydrogens (tertiary/aromatic N) is 2. The van der Waals surface area contributed by atoms with Crippen molar-refractivity contribution in [2.75, 3.05) is 38.0 Å². The lowest BCUT2D eigenvalue weighted by Gasteiger charge is -2.35. The number of aryl methyl sites for hydroxylation is 2. The van der Waals surface area contributed by atoms with E-state index in [0.717, 1.165) is 62.4 Å². The van der Waals surface area contributed by atoms with Gasteiger partial charge in [-0.3, -0.25) is 9.59 Å². The third kappa shape index (κ3) is 3.50. The molecule has 1 aromatic carbocycles. The van der Waals surface area contributed by atoms with Gasteiger partial charge in [0.05, 0.1) is 0 Å². The summed E-state index contributed by atoms with van der Waals surface area (Å²) < 4.78 is 0. The first-order valence-electron chi connectivity index (χ1n) is 9.99. The van der Waals surface area contributed by atoms with Crippen LogP contribution in [0.25, 0.3) is 0 Å². The molecule has 0 spiro atoms. The third-order valence-electron chi connectivity index (χ3n) is 5.94. The van der Waals surface area contributed by atoms with Crippen molar-refractivity contribution in [3.8, 4) is 0 Å². The Labute approximate surface area is 156 Å². The molecule has 1 heterocycles. The lowest BCUT2D eigenvalue weighted by Crippen LogP contribution is -2.52. The number of piperazine rings is 1. The zero-order valence-corrected chi connectivity index (χ0v) is 16.3. The Morgan fingerprint density at radius 3 is 2.04 bits per heavy atom. The smallest absolute Gasteiger partial charge is 0.240 e. The number of amides is 2. The Balaban J connectivity index is 1.73. The lowest BCUT2D eigenvalue weighted by molar-refractivity contribution is -0.143. The summed E-state index contributed by atoms with van der Waals surface area (Å²) in [5.41, 5.74) is 2.35. The van der Waals surface area contributed by atoms with Gasteiger partial charge in [-0.1, -0.05) is 39.0 Å². The summed E-state index contributed by atoms with van der Waals surface area (Å²) >= 11 is 0. The fourth-order valence-corrected chi connectivity index (χ4v) is 3.87. The van der Waals surface area contributed by atoms with E-state index in [1.54, 1.807) is 0 Å². The van der Waals surface area contributed by atoms with Gasteiger partial charge in [0.2, 0.25) is 11.8 Å². The van der Waals surface area contributed by atoms with Crippen molar-refractivity contribution in [1.29, 1.82) is 0 Å². The fourth-order valence-electron chi connectivity index (χ4n) is 3.87. The summed E-state index contributed by atoms with van der Waals surface area (Å²) in [6, 6.07) is 6.15. The van der Waals surface area contributed by atoms with Crippen molar-refractivity contribution >= 4 is 17.5 Å². The first-order chi connectivity index (χ1) is 12.6. The summed E-state index contributed by atoms with van der Waals surface area (Å²) in [5, 5.41) is 3.13. The summed E-state index contributed by atoms with van der Waals surface area (Å²) in [6.07, 6.45) is 3.07. The van der Waals surface area contributed by atoms with E-state index < -0.39 is 5.41 Å². The van der Waals surface area contributed by atoms with Crippen molar-refractivity contribution in [3.05, 3.63) is 29.3 Å². The standard InChI is InChI=1S/C21H31N3O2/c1-4-16-8-7-9-17(5-2)18(16)22-19(25)21(10-11-21)20(26)24-14-12-23(6-3)13-15-24/h7-9H,4-6,10-15H2,1-3H3,(H,22,25). The second-order valence-corrected chi connectivity index (χ2v) is 7.42. The molecule has 5 nitrogen and oxygen atoms in total. The number of carbonyl (C=O) groups is 2. The van der Waals surface area contributed by atoms with Crippen molar-refractivity contribution in [2.45, 2.75) is 46.5 Å². The van der Waals surface area contributed by atoms with Crippen LogP contribution in [0, 0.1) is 5.41 Å². The number of anilines is 1. The van der Waals surface area contributed by atoms with Crippen LogP contribution in [-0.2, 0) is 22.4 Å². The average Bonchev–Trinajstić information content (AvgIpc) is 3.49. The van der Waals surface area contributed by atoms with E-state index in [1.807, 2.05) is 11.0 Å². The Morgan fingerprint density at radius 1 is 1.00 bits per heavy atom. The molecule has 5 heteroatoms. The second-order valence-electron chi connectivity index (χ2n) is 7.42. The van der Waals surface area contributed by atoms with Gasteiger partial charge in [0, 0.05) is 31.9 Å². The van der Waals surface area contributed by atoms with Crippen LogP contribution in [0.4, 0.5) is 5.69 Å². The molecule has 2 amide bonds. The quantitative estimate of drug-likeness (QED) is 0.797. The summed E-state index contributed by atoms with van der Waals surface area (Å²) in [4.78, 5) is 30.4. The number of para-hydroxylation sites is 1. The molecule has 1 saturated carbocycles. The summed E-state index contributed by atoms with van der Waals surface area (Å²) in [6.45, 7) is 10.6. The minimum Gasteiger partial charge on any atom is -0.339 e. The number of likely N-dealkylation sites (N-methyl/N-ethyl adjacent to an activating group) is 1. The molecule has 1 aliphatic carbocycles. The zero-order valence-electron chi connectivity index (χ0n) is 16.3. The van der Waals surface area contributed by atoms with Gasteiger partial charge in [-0.25, -0.2) is 0 Å². The molecule has 0 aromatic heterocycles. The minimum absolute atomic E-state index is 0.0257. The molecule has 2 fully saturated rings. The third-order valence-corrected chi connectivity index (χ3v) is 5.94. The first-order valence-corrected chi connectivity index (χ1v) is 9.99. The Kier molecular flexibility index (Phi) is 5.66. The van der Waals surface area contributed by atoms with Crippen LogP contribution in [0.2, 0.25) is 0 Å². The molecule has 142 valence electrons. The number of carbonyl (C=O) groups excluding carboxylic acids is 2. The SMILES string of the molecule is CCc1cccc(CC)c1NC(=O)C1(C(=O)N2CCN(CC)CC2)CC1. The average molecular weight is 357 g/mol. The first kappa shape index (κ1) is 18.9. The number of rotatable bonds is 6. The number of hydrogen-bond donors (Lipinski definition) is 1. The molecule has 0 bridgehead atoms. The largest absolute Gasteiger partial charge is 0.339 e. The van der Waals surface area contributed by atoms with Crippen molar-refractivity contribution in [3.63, 3.8) is 0 Å². The van der Waals surface area contributed by atoms with E-state index in [-0.39, 0.29) is 11.8 Å². The van der Waals surface area contributed by atoms with Gasteiger partial charge in [-0.2, -0.15) is 0 Å². The lowest BCUT2D eigenvalue weighted by atomic mass is 9.99. The van der Waals surface area contributed by atoms with Crippen LogP contribution in [0.15, 0.2) is 18.2 Å². The maximum Gasteiger partial charge on any atom is 0.240 e. The minimum atomic E-state index is -0.833. The van der Waals surface area contributed by atoms with Gasteiger partial charge in [0.1, 0.15) is 5.41 Å². The van der Waals surface area contributed by atoms with E-state index in [0.29, 0.717) is 12.8 Å². The Morgan fingerprint density at radius 2 is 1.58 bits per heavy atom. The molecule has 1 aliphatic heterocycles. The van der Waals surface area contributed by atoms with E-state index >= 15 is 0 Å². The Hall–Kier alpha value is -1.88. The predicted molar refractivity (Wildman–Crippen MR) is 104 cm³/mol. The highest BCUT2D eigenvalue weighted by Gasteiger charge is 2.58. The summed E-state index contributed by atoms with van der Waals surface area (Å²) in [5.74, 6) is -0.0891. The maximum atomic E-state index is 13.1. The molecule has 0 unspecified atom stereocenters. The molecule has 1 N–H and O–H groups in total. The normalized spacial score (nSPS) is 19.3. The van der Waals surface area contributed by atoms with Gasteiger partial charge in [-0.15, -0.1) is 0 Å². The molecular formula is C21H31N3O2. The highest BCUT2D eigenvalue weighted by atomic mass is 16.2. The molecular weight excluding hydrogens is 326 g/mol. The van der Waals surface area contributed by atoms with Crippen LogP contribution >= 0.6 is 0 Å². The zero-order chi connectivity index (χ0) is 18.7. The fraction of sp³-hybridized carbons (Fsp3) is 0.619. The number of nitrogens with one attached hydrogen (secondary N) is 1. The molecule has 0 atom stereocenters. The van der Waals surface area contributed by atoms with Crippen molar-refractivity contribution in [2.24, 2.45) is 5.41 Å². The van der Waals surface area contributed by atoms with Gasteiger partial charge in [0.15, 0.2) is 0 Å². The van der Waals surface area contributed by atoms with Crippen LogP contribution < -0.4 is 5.32 Å². The van der Waals surface area contributed by atoms with Crippen molar-refractivity contribution in [1.82, 2.24) is 9.80 Å². The van der Waals surface area contributed by atoms with Gasteiger partial charge in [0.25, 0.3) is 0 Å². The molecule has 2 aliphatic rings. The maximum absolute atomic E-state index is 13.1. The van der Waals surface area contributed by atoms with Crippen LogP contribution in [0.1, 0.15) is 44.7 Å². The van der Waals surface area contributed by atoms with Crippen molar-refractivity contribution < 1.29 is 9.59 Å². The molecule has 0 radical (unpaired) electrons. The van der Waals surface area contributed by atoms with E-state index in [9.17, 15) is 9.59 Å². The van der Waals surface area contributed by atoms with Crippen LogP contribution in [0.3, 0.4) is 0 Å². The Bertz CT molecular complexity index is 652. The molecule has 26 heavy (non-hydrogen) atoms. The molecule has 1 saturated heterocycles. The van der Waals surface area contributed by atoms with Crippen LogP contribution in [-0.4, -0.2) is 54.3 Å². The monoisotopic (exact) mass is 357 g/mol. The predicted octanol–water partition coefficient (Wildman–Crippen LogP) is 2.69. The van der Waals surface area contributed by atoms with E-state index in [2.05, 4.69) is 43.1 Å². The number of benzene rings is 1.